The second kappa shape index (κ2) is 8.70. The van der Waals surface area contributed by atoms with Crippen LogP contribution in [-0.4, -0.2) is 29.5 Å². The third-order valence-electron chi connectivity index (χ3n) is 3.42. The van der Waals surface area contributed by atoms with Crippen molar-refractivity contribution in [2.24, 2.45) is 0 Å². The van der Waals surface area contributed by atoms with Crippen molar-refractivity contribution >= 4 is 29.4 Å². The zero-order valence-corrected chi connectivity index (χ0v) is 14.5. The van der Waals surface area contributed by atoms with Crippen LogP contribution in [-0.2, 0) is 4.79 Å². The molecule has 2 amide bonds. The highest BCUT2D eigenvalue weighted by molar-refractivity contribution is 6.11. The molecule has 1 aromatic carbocycles. The van der Waals surface area contributed by atoms with Gasteiger partial charge in [0.1, 0.15) is 11.3 Å². The summed E-state index contributed by atoms with van der Waals surface area (Å²) in [6.07, 6.45) is 3.01. The van der Waals surface area contributed by atoms with Crippen LogP contribution < -0.4 is 15.4 Å². The standard InChI is InChI=1S/C18H20N2O6/c1-3-4-7-25-15-10-14(19-11(2)21)12(9-13(15)18(23)24)17(22)20-16-6-5-8-26-16/h5-6,8-10H,3-4,7H2,1-2H3,(H,19,21)(H,20,22)(H,23,24). The molecule has 3 N–H and O–H groups in total. The Balaban J connectivity index is 2.43. The van der Waals surface area contributed by atoms with Gasteiger partial charge in [-0.15, -0.1) is 0 Å². The number of rotatable bonds is 8. The van der Waals surface area contributed by atoms with E-state index in [0.29, 0.717) is 6.61 Å². The van der Waals surface area contributed by atoms with Crippen LogP contribution in [0.3, 0.4) is 0 Å². The van der Waals surface area contributed by atoms with E-state index in [2.05, 4.69) is 10.6 Å². The van der Waals surface area contributed by atoms with Crippen molar-refractivity contribution in [1.82, 2.24) is 0 Å². The summed E-state index contributed by atoms with van der Waals surface area (Å²) in [5.74, 6) is -1.97. The first-order chi connectivity index (χ1) is 12.4. The lowest BCUT2D eigenvalue weighted by Gasteiger charge is -2.15. The number of hydrogen-bond acceptors (Lipinski definition) is 5. The van der Waals surface area contributed by atoms with Crippen LogP contribution in [0.1, 0.15) is 47.4 Å². The van der Waals surface area contributed by atoms with Crippen molar-refractivity contribution < 1.29 is 28.6 Å². The number of nitrogens with one attached hydrogen (secondary N) is 2. The quantitative estimate of drug-likeness (QED) is 0.621. The molecule has 2 aromatic rings. The number of carbonyl (C=O) groups excluding carboxylic acids is 2. The summed E-state index contributed by atoms with van der Waals surface area (Å²) < 4.78 is 10.6. The van der Waals surface area contributed by atoms with Gasteiger partial charge in [-0.25, -0.2) is 4.79 Å². The van der Waals surface area contributed by atoms with Gasteiger partial charge in [0.05, 0.1) is 24.1 Å². The molecule has 1 aromatic heterocycles. The number of aromatic carboxylic acids is 1. The first-order valence-corrected chi connectivity index (χ1v) is 8.09. The van der Waals surface area contributed by atoms with Gasteiger partial charge in [0, 0.05) is 19.1 Å². The second-order valence-corrected chi connectivity index (χ2v) is 5.51. The van der Waals surface area contributed by atoms with Gasteiger partial charge in [0.15, 0.2) is 5.88 Å². The van der Waals surface area contributed by atoms with Crippen LogP contribution in [0.25, 0.3) is 0 Å². The van der Waals surface area contributed by atoms with Gasteiger partial charge in [-0.1, -0.05) is 13.3 Å². The third-order valence-corrected chi connectivity index (χ3v) is 3.42. The van der Waals surface area contributed by atoms with Gasteiger partial charge in [-0.2, -0.15) is 0 Å². The first kappa shape index (κ1) is 19.0. The van der Waals surface area contributed by atoms with Crippen molar-refractivity contribution in [2.45, 2.75) is 26.7 Å². The minimum absolute atomic E-state index is 0.0168. The first-order valence-electron chi connectivity index (χ1n) is 8.09. The minimum atomic E-state index is -1.24. The Kier molecular flexibility index (Phi) is 6.37. The summed E-state index contributed by atoms with van der Waals surface area (Å²) in [5, 5.41) is 14.5. The Morgan fingerprint density at radius 2 is 1.96 bits per heavy atom. The molecule has 0 aliphatic rings. The summed E-state index contributed by atoms with van der Waals surface area (Å²) in [5.41, 5.74) is -0.0327. The molecule has 0 radical (unpaired) electrons. The lowest BCUT2D eigenvalue weighted by Crippen LogP contribution is -2.18. The molecule has 1 heterocycles. The highest BCUT2D eigenvalue weighted by atomic mass is 16.5. The largest absolute Gasteiger partial charge is 0.493 e. The number of anilines is 2. The van der Waals surface area contributed by atoms with Crippen molar-refractivity contribution in [2.75, 3.05) is 17.2 Å². The predicted molar refractivity (Wildman–Crippen MR) is 94.8 cm³/mol. The van der Waals surface area contributed by atoms with Crippen LogP contribution in [0.4, 0.5) is 11.6 Å². The van der Waals surface area contributed by atoms with Crippen molar-refractivity contribution in [3.05, 3.63) is 41.7 Å². The third kappa shape index (κ3) is 4.85. The monoisotopic (exact) mass is 360 g/mol. The maximum atomic E-state index is 12.5. The number of carbonyl (C=O) groups is 3. The number of ether oxygens (including phenoxy) is 1. The number of unbranched alkanes of at least 4 members (excludes halogenated alkanes) is 1. The minimum Gasteiger partial charge on any atom is -0.493 e. The molecule has 0 saturated carbocycles. The fourth-order valence-electron chi connectivity index (χ4n) is 2.20. The molecule has 0 fully saturated rings. The highest BCUT2D eigenvalue weighted by Gasteiger charge is 2.21. The van der Waals surface area contributed by atoms with E-state index in [0.717, 1.165) is 12.8 Å². The average molecular weight is 360 g/mol. The molecular weight excluding hydrogens is 340 g/mol. The van der Waals surface area contributed by atoms with E-state index in [4.69, 9.17) is 9.15 Å². The smallest absolute Gasteiger partial charge is 0.339 e. The van der Waals surface area contributed by atoms with Crippen LogP contribution >= 0.6 is 0 Å². The molecule has 0 aliphatic heterocycles. The van der Waals surface area contributed by atoms with E-state index in [-0.39, 0.29) is 28.4 Å². The topological polar surface area (TPSA) is 118 Å². The molecule has 138 valence electrons. The van der Waals surface area contributed by atoms with Crippen LogP contribution in [0, 0.1) is 0 Å². The fraction of sp³-hybridized carbons (Fsp3) is 0.278. The number of amides is 2. The van der Waals surface area contributed by atoms with E-state index < -0.39 is 17.8 Å². The van der Waals surface area contributed by atoms with Crippen molar-refractivity contribution in [1.29, 1.82) is 0 Å². The zero-order valence-electron chi connectivity index (χ0n) is 14.5. The maximum absolute atomic E-state index is 12.5. The molecule has 8 nitrogen and oxygen atoms in total. The average Bonchev–Trinajstić information content (AvgIpc) is 3.07. The summed E-state index contributed by atoms with van der Waals surface area (Å²) in [7, 11) is 0. The highest BCUT2D eigenvalue weighted by Crippen LogP contribution is 2.29. The molecular formula is C18H20N2O6. The maximum Gasteiger partial charge on any atom is 0.339 e. The van der Waals surface area contributed by atoms with Gasteiger partial charge in [0.25, 0.3) is 5.91 Å². The van der Waals surface area contributed by atoms with Gasteiger partial charge < -0.3 is 19.6 Å². The molecule has 0 aliphatic carbocycles. The normalized spacial score (nSPS) is 10.2. The molecule has 0 unspecified atom stereocenters. The summed E-state index contributed by atoms with van der Waals surface area (Å²) in [6.45, 7) is 3.59. The Hall–Kier alpha value is -3.29. The van der Waals surface area contributed by atoms with E-state index in [1.165, 1.54) is 31.4 Å². The number of benzene rings is 1. The van der Waals surface area contributed by atoms with E-state index in [1.54, 1.807) is 6.07 Å². The number of carboxylic acid groups (broad SMARTS) is 1. The summed E-state index contributed by atoms with van der Waals surface area (Å²) in [4.78, 5) is 35.5. The van der Waals surface area contributed by atoms with Crippen LogP contribution in [0.5, 0.6) is 5.75 Å². The molecule has 26 heavy (non-hydrogen) atoms. The van der Waals surface area contributed by atoms with Crippen molar-refractivity contribution in [3.63, 3.8) is 0 Å². The van der Waals surface area contributed by atoms with Gasteiger partial charge in [0.2, 0.25) is 5.91 Å². The lowest BCUT2D eigenvalue weighted by atomic mass is 10.1. The van der Waals surface area contributed by atoms with Crippen LogP contribution in [0.15, 0.2) is 34.9 Å². The zero-order chi connectivity index (χ0) is 19.1. The molecule has 0 spiro atoms. The Bertz CT molecular complexity index is 798. The summed E-state index contributed by atoms with van der Waals surface area (Å²) >= 11 is 0. The Labute approximate surface area is 150 Å². The van der Waals surface area contributed by atoms with Crippen molar-refractivity contribution in [3.8, 4) is 5.75 Å². The fourth-order valence-corrected chi connectivity index (χ4v) is 2.20. The van der Waals surface area contributed by atoms with Crippen LogP contribution in [0.2, 0.25) is 0 Å². The number of furan rings is 1. The van der Waals surface area contributed by atoms with Gasteiger partial charge in [-0.3, -0.25) is 14.9 Å². The lowest BCUT2D eigenvalue weighted by molar-refractivity contribution is -0.114. The van der Waals surface area contributed by atoms with E-state index in [1.807, 2.05) is 6.92 Å². The summed E-state index contributed by atoms with van der Waals surface area (Å²) in [6, 6.07) is 5.65. The van der Waals surface area contributed by atoms with E-state index in [9.17, 15) is 19.5 Å². The Morgan fingerprint density at radius 3 is 2.54 bits per heavy atom. The van der Waals surface area contributed by atoms with Gasteiger partial charge >= 0.3 is 5.97 Å². The second-order valence-electron chi connectivity index (χ2n) is 5.51. The molecule has 8 heteroatoms. The SMILES string of the molecule is CCCCOc1cc(NC(C)=O)c(C(=O)Nc2ccco2)cc1C(=O)O. The molecule has 2 rings (SSSR count). The molecule has 0 atom stereocenters. The van der Waals surface area contributed by atoms with E-state index >= 15 is 0 Å². The predicted octanol–water partition coefficient (Wildman–Crippen LogP) is 3.37. The number of carboxylic acids is 1. The van der Waals surface area contributed by atoms with Gasteiger partial charge in [-0.05, 0) is 18.6 Å². The Morgan fingerprint density at radius 1 is 1.19 bits per heavy atom. The molecule has 0 bridgehead atoms. The number of hydrogen-bond donors (Lipinski definition) is 3. The molecule has 0 saturated heterocycles.